The Morgan fingerprint density at radius 3 is 2.50 bits per heavy atom. The number of nitro groups is 1. The third kappa shape index (κ3) is 6.30. The number of carbonyl (C=O) groups is 2. The van der Waals surface area contributed by atoms with Crippen molar-refractivity contribution in [2.24, 2.45) is 5.10 Å². The van der Waals surface area contributed by atoms with Gasteiger partial charge in [-0.25, -0.2) is 5.43 Å². The van der Waals surface area contributed by atoms with Crippen LogP contribution in [0.25, 0.3) is 0 Å². The summed E-state index contributed by atoms with van der Waals surface area (Å²) in [5.74, 6) is -0.0617. The third-order valence-electron chi connectivity index (χ3n) is 4.07. The van der Waals surface area contributed by atoms with Crippen molar-refractivity contribution in [3.63, 3.8) is 0 Å². The van der Waals surface area contributed by atoms with Crippen LogP contribution in [0.1, 0.15) is 22.3 Å². The van der Waals surface area contributed by atoms with E-state index in [1.165, 1.54) is 19.4 Å². The molecule has 0 aliphatic carbocycles. The van der Waals surface area contributed by atoms with Crippen LogP contribution in [-0.4, -0.2) is 50.7 Å². The minimum Gasteiger partial charge on any atom is -0.497 e. The summed E-state index contributed by atoms with van der Waals surface area (Å²) in [4.78, 5) is 36.2. The smallest absolute Gasteiger partial charge is 0.293 e. The molecule has 30 heavy (non-hydrogen) atoms. The van der Waals surface area contributed by atoms with Gasteiger partial charge in [-0.1, -0.05) is 6.07 Å². The van der Waals surface area contributed by atoms with Crippen molar-refractivity contribution >= 4 is 29.4 Å². The van der Waals surface area contributed by atoms with Crippen molar-refractivity contribution in [3.8, 4) is 5.75 Å². The predicted molar refractivity (Wildman–Crippen MR) is 113 cm³/mol. The fraction of sp³-hybridized carbons (Fsp3) is 0.250. The number of nitrogens with zero attached hydrogens (tertiary/aromatic N) is 3. The molecule has 10 nitrogen and oxygen atoms in total. The first-order chi connectivity index (χ1) is 14.3. The van der Waals surface area contributed by atoms with E-state index in [-0.39, 0.29) is 24.6 Å². The van der Waals surface area contributed by atoms with Gasteiger partial charge in [-0.05, 0) is 30.3 Å². The van der Waals surface area contributed by atoms with E-state index in [0.717, 1.165) is 0 Å². The second-order valence-electron chi connectivity index (χ2n) is 6.43. The molecule has 0 spiro atoms. The number of ether oxygens (including phenoxy) is 1. The first kappa shape index (κ1) is 22.3. The summed E-state index contributed by atoms with van der Waals surface area (Å²) in [6, 6.07) is 11.2. The van der Waals surface area contributed by atoms with Crippen molar-refractivity contribution in [1.82, 2.24) is 10.7 Å². The molecule has 0 heterocycles. The zero-order valence-electron chi connectivity index (χ0n) is 16.9. The Morgan fingerprint density at radius 1 is 1.20 bits per heavy atom. The molecule has 10 heteroatoms. The molecule has 0 aliphatic heterocycles. The molecule has 0 aromatic heterocycles. The maximum atomic E-state index is 12.0. The highest BCUT2D eigenvalue weighted by atomic mass is 16.6. The van der Waals surface area contributed by atoms with Gasteiger partial charge in [0.2, 0.25) is 5.91 Å². The Labute approximate surface area is 173 Å². The minimum absolute atomic E-state index is 0.0267. The summed E-state index contributed by atoms with van der Waals surface area (Å²) in [6.45, 7) is 0.134. The molecular formula is C20H23N5O5. The number of hydrogen-bond acceptors (Lipinski definition) is 7. The Hall–Kier alpha value is -3.95. The van der Waals surface area contributed by atoms with Gasteiger partial charge < -0.3 is 15.0 Å². The van der Waals surface area contributed by atoms with Crippen LogP contribution in [0, 0.1) is 10.1 Å². The molecular weight excluding hydrogens is 390 g/mol. The van der Waals surface area contributed by atoms with E-state index in [1.807, 2.05) is 0 Å². The maximum absolute atomic E-state index is 12.0. The monoisotopic (exact) mass is 413 g/mol. The Morgan fingerprint density at radius 2 is 1.90 bits per heavy atom. The highest BCUT2D eigenvalue weighted by molar-refractivity contribution is 5.94. The van der Waals surface area contributed by atoms with E-state index in [9.17, 15) is 19.7 Å². The van der Waals surface area contributed by atoms with E-state index in [0.29, 0.717) is 22.6 Å². The van der Waals surface area contributed by atoms with Crippen LogP contribution in [0.4, 0.5) is 11.4 Å². The van der Waals surface area contributed by atoms with Gasteiger partial charge in [0.15, 0.2) is 0 Å². The molecule has 0 bridgehead atoms. The molecule has 2 aromatic rings. The Bertz CT molecular complexity index is 941. The molecule has 0 fully saturated rings. The highest BCUT2D eigenvalue weighted by Crippen LogP contribution is 2.27. The summed E-state index contributed by atoms with van der Waals surface area (Å²) in [5, 5.41) is 17.6. The number of rotatable bonds is 9. The summed E-state index contributed by atoms with van der Waals surface area (Å²) in [6.07, 6.45) is 1.35. The topological polar surface area (TPSA) is 126 Å². The van der Waals surface area contributed by atoms with Gasteiger partial charge in [0, 0.05) is 44.3 Å². The lowest BCUT2D eigenvalue weighted by Gasteiger charge is -2.12. The fourth-order valence-corrected chi connectivity index (χ4v) is 2.51. The number of methoxy groups -OCH3 is 1. The Kier molecular flexibility index (Phi) is 7.86. The predicted octanol–water partition coefficient (Wildman–Crippen LogP) is 1.94. The van der Waals surface area contributed by atoms with Gasteiger partial charge in [0.1, 0.15) is 11.4 Å². The number of anilines is 1. The molecule has 0 aliphatic rings. The quantitative estimate of drug-likeness (QED) is 0.368. The van der Waals surface area contributed by atoms with E-state index in [2.05, 4.69) is 15.8 Å². The van der Waals surface area contributed by atoms with E-state index < -0.39 is 10.8 Å². The lowest BCUT2D eigenvalue weighted by Crippen LogP contribution is -2.29. The number of benzene rings is 2. The van der Waals surface area contributed by atoms with Crippen molar-refractivity contribution in [3.05, 3.63) is 63.7 Å². The zero-order chi connectivity index (χ0) is 22.1. The molecule has 0 saturated heterocycles. The van der Waals surface area contributed by atoms with Crippen LogP contribution in [0.3, 0.4) is 0 Å². The first-order valence-electron chi connectivity index (χ1n) is 9.01. The number of hydrogen-bond donors (Lipinski definition) is 2. The molecule has 0 saturated carbocycles. The standard InChI is InChI=1S/C20H23N5O5/c1-24(2)17-9-4-14(12-18(17)25(28)29)13-22-23-19(26)10-11-21-20(27)15-5-7-16(30-3)8-6-15/h4-9,12-13H,10-11H2,1-3H3,(H,21,27)(H,23,26). The first-order valence-corrected chi connectivity index (χ1v) is 9.01. The average molecular weight is 413 g/mol. The second kappa shape index (κ2) is 10.6. The van der Waals surface area contributed by atoms with Crippen LogP contribution in [0.15, 0.2) is 47.6 Å². The van der Waals surface area contributed by atoms with Crippen molar-refractivity contribution < 1.29 is 19.2 Å². The van der Waals surface area contributed by atoms with Gasteiger partial charge >= 0.3 is 0 Å². The molecule has 2 N–H and O–H groups in total. The van der Waals surface area contributed by atoms with Crippen molar-refractivity contribution in [2.75, 3.05) is 32.6 Å². The van der Waals surface area contributed by atoms with Crippen LogP contribution in [0.2, 0.25) is 0 Å². The van der Waals surface area contributed by atoms with Crippen molar-refractivity contribution in [2.45, 2.75) is 6.42 Å². The fourth-order valence-electron chi connectivity index (χ4n) is 2.51. The summed E-state index contributed by atoms with van der Waals surface area (Å²) < 4.78 is 5.03. The number of nitro benzene ring substituents is 1. The number of nitrogens with one attached hydrogen (secondary N) is 2. The largest absolute Gasteiger partial charge is 0.497 e. The molecule has 0 radical (unpaired) electrons. The van der Waals surface area contributed by atoms with Crippen LogP contribution in [-0.2, 0) is 4.79 Å². The number of amides is 2. The van der Waals surface area contributed by atoms with E-state index >= 15 is 0 Å². The number of carbonyl (C=O) groups excluding carboxylic acids is 2. The zero-order valence-corrected chi connectivity index (χ0v) is 16.9. The average Bonchev–Trinajstić information content (AvgIpc) is 2.73. The molecule has 158 valence electrons. The SMILES string of the molecule is COc1ccc(C(=O)NCCC(=O)NN=Cc2ccc(N(C)C)c([N+](=O)[O-])c2)cc1. The number of hydrazone groups is 1. The van der Waals surface area contributed by atoms with Gasteiger partial charge in [0.05, 0.1) is 18.2 Å². The van der Waals surface area contributed by atoms with Gasteiger partial charge in [-0.15, -0.1) is 0 Å². The molecule has 2 aromatic carbocycles. The van der Waals surface area contributed by atoms with Gasteiger partial charge in [-0.3, -0.25) is 19.7 Å². The van der Waals surface area contributed by atoms with Crippen LogP contribution in [0.5, 0.6) is 5.75 Å². The summed E-state index contributed by atoms with van der Waals surface area (Å²) in [5.41, 5.74) is 3.66. The van der Waals surface area contributed by atoms with Gasteiger partial charge in [-0.2, -0.15) is 5.10 Å². The van der Waals surface area contributed by atoms with Crippen LogP contribution < -0.4 is 20.4 Å². The lowest BCUT2D eigenvalue weighted by atomic mass is 10.2. The highest BCUT2D eigenvalue weighted by Gasteiger charge is 2.15. The second-order valence-corrected chi connectivity index (χ2v) is 6.43. The lowest BCUT2D eigenvalue weighted by molar-refractivity contribution is -0.384. The third-order valence-corrected chi connectivity index (χ3v) is 4.07. The van der Waals surface area contributed by atoms with E-state index in [4.69, 9.17) is 4.74 Å². The Balaban J connectivity index is 1.82. The maximum Gasteiger partial charge on any atom is 0.293 e. The minimum atomic E-state index is -0.475. The summed E-state index contributed by atoms with van der Waals surface area (Å²) in [7, 11) is 4.96. The molecule has 0 unspecified atom stereocenters. The van der Waals surface area contributed by atoms with Crippen LogP contribution >= 0.6 is 0 Å². The van der Waals surface area contributed by atoms with E-state index in [1.54, 1.807) is 55.4 Å². The molecule has 2 rings (SSSR count). The van der Waals surface area contributed by atoms with Gasteiger partial charge in [0.25, 0.3) is 11.6 Å². The normalized spacial score (nSPS) is 10.5. The van der Waals surface area contributed by atoms with Crippen molar-refractivity contribution in [1.29, 1.82) is 0 Å². The molecule has 2 amide bonds. The summed E-state index contributed by atoms with van der Waals surface area (Å²) >= 11 is 0. The molecule has 0 atom stereocenters.